The molecule has 0 aliphatic rings. The van der Waals surface area contributed by atoms with Crippen molar-refractivity contribution in [2.75, 3.05) is 5.88 Å². The fraction of sp³-hybridized carbons (Fsp3) is 0.286. The first-order valence-corrected chi connectivity index (χ1v) is 8.57. The number of hydrogen-bond acceptors (Lipinski definition) is 3. The maximum absolute atomic E-state index is 5.89. The van der Waals surface area contributed by atoms with Gasteiger partial charge in [-0.3, -0.25) is 0 Å². The van der Waals surface area contributed by atoms with E-state index in [4.69, 9.17) is 11.6 Å². The summed E-state index contributed by atoms with van der Waals surface area (Å²) in [5.41, 5.74) is 1.86. The number of pyridine rings is 1. The minimum atomic E-state index is 0.573. The Bertz CT molecular complexity index is 709. The molecule has 0 aliphatic heterocycles. The Morgan fingerprint density at radius 2 is 2.25 bits per heavy atom. The predicted octanol–water partition coefficient (Wildman–Crippen LogP) is 4.28. The number of halogens is 2. The topological polar surface area (TPSA) is 30.7 Å². The van der Waals surface area contributed by atoms with E-state index in [1.54, 1.807) is 11.3 Å². The van der Waals surface area contributed by atoms with E-state index in [1.807, 2.05) is 12.3 Å². The number of fused-ring (bicyclic) bond motifs is 1. The molecule has 3 aromatic heterocycles. The van der Waals surface area contributed by atoms with Gasteiger partial charge in [-0.2, -0.15) is 0 Å². The van der Waals surface area contributed by atoms with E-state index < -0.39 is 0 Å². The molecule has 104 valence electrons. The second-order valence-corrected chi connectivity index (χ2v) is 6.77. The van der Waals surface area contributed by atoms with Gasteiger partial charge in [0.05, 0.1) is 0 Å². The van der Waals surface area contributed by atoms with Gasteiger partial charge < -0.3 is 4.57 Å². The molecule has 0 fully saturated rings. The molecule has 20 heavy (non-hydrogen) atoms. The zero-order valence-corrected chi connectivity index (χ0v) is 13.9. The van der Waals surface area contributed by atoms with Crippen LogP contribution in [0.15, 0.2) is 34.2 Å². The van der Waals surface area contributed by atoms with Crippen molar-refractivity contribution in [1.82, 2.24) is 14.5 Å². The normalized spacial score (nSPS) is 11.3. The van der Waals surface area contributed by atoms with Gasteiger partial charge >= 0.3 is 0 Å². The minimum Gasteiger partial charge on any atom is -0.312 e. The second kappa shape index (κ2) is 6.24. The van der Waals surface area contributed by atoms with Gasteiger partial charge in [-0.05, 0) is 39.9 Å². The molecule has 0 aromatic carbocycles. The highest BCUT2D eigenvalue weighted by molar-refractivity contribution is 9.10. The van der Waals surface area contributed by atoms with E-state index in [2.05, 4.69) is 48.0 Å². The zero-order valence-electron chi connectivity index (χ0n) is 10.7. The number of alkyl halides is 1. The molecule has 3 rings (SSSR count). The number of imidazole rings is 1. The monoisotopic (exact) mass is 369 g/mol. The van der Waals surface area contributed by atoms with Crippen LogP contribution in [0.1, 0.15) is 10.7 Å². The molecule has 3 aromatic rings. The van der Waals surface area contributed by atoms with Crippen molar-refractivity contribution in [3.63, 3.8) is 0 Å². The summed E-state index contributed by atoms with van der Waals surface area (Å²) in [4.78, 5) is 10.5. The zero-order chi connectivity index (χ0) is 13.9. The molecule has 0 N–H and O–H groups in total. The number of hydrogen-bond donors (Lipinski definition) is 0. The quantitative estimate of drug-likeness (QED) is 0.628. The van der Waals surface area contributed by atoms with Gasteiger partial charge in [0.15, 0.2) is 5.65 Å². The largest absolute Gasteiger partial charge is 0.312 e. The third kappa shape index (κ3) is 2.90. The number of aromatic nitrogens is 3. The van der Waals surface area contributed by atoms with Crippen LogP contribution in [0.4, 0.5) is 0 Å². The van der Waals surface area contributed by atoms with E-state index in [1.165, 1.54) is 4.88 Å². The SMILES string of the molecule is ClCCc1nc2cc(Br)cnc2n1CCc1cccs1. The summed E-state index contributed by atoms with van der Waals surface area (Å²) < 4.78 is 3.13. The van der Waals surface area contributed by atoms with Crippen LogP contribution in [-0.2, 0) is 19.4 Å². The Balaban J connectivity index is 1.95. The lowest BCUT2D eigenvalue weighted by molar-refractivity contribution is 0.674. The van der Waals surface area contributed by atoms with Crippen LogP contribution in [0.5, 0.6) is 0 Å². The molecular weight excluding hydrogens is 358 g/mol. The van der Waals surface area contributed by atoms with Gasteiger partial charge in [0.2, 0.25) is 0 Å². The molecule has 0 saturated carbocycles. The van der Waals surface area contributed by atoms with Crippen molar-refractivity contribution in [2.24, 2.45) is 0 Å². The van der Waals surface area contributed by atoms with Crippen molar-refractivity contribution < 1.29 is 0 Å². The van der Waals surface area contributed by atoms with Crippen LogP contribution in [0.25, 0.3) is 11.2 Å². The maximum Gasteiger partial charge on any atom is 0.160 e. The third-order valence-electron chi connectivity index (χ3n) is 3.11. The molecule has 0 radical (unpaired) electrons. The third-order valence-corrected chi connectivity index (χ3v) is 4.67. The lowest BCUT2D eigenvalue weighted by Gasteiger charge is -2.06. The molecule has 0 amide bonds. The Hall–Kier alpha value is -0.910. The van der Waals surface area contributed by atoms with Gasteiger partial charge in [-0.15, -0.1) is 22.9 Å². The van der Waals surface area contributed by atoms with Crippen LogP contribution in [0.2, 0.25) is 0 Å². The summed E-state index contributed by atoms with van der Waals surface area (Å²) >= 11 is 11.1. The summed E-state index contributed by atoms with van der Waals surface area (Å²) in [7, 11) is 0. The summed E-state index contributed by atoms with van der Waals surface area (Å²) in [6, 6.07) is 6.25. The second-order valence-electron chi connectivity index (χ2n) is 4.44. The maximum atomic E-state index is 5.89. The fourth-order valence-corrected chi connectivity index (χ4v) is 3.41. The van der Waals surface area contributed by atoms with Crippen molar-refractivity contribution in [1.29, 1.82) is 0 Å². The molecule has 0 atom stereocenters. The van der Waals surface area contributed by atoms with E-state index >= 15 is 0 Å². The lowest BCUT2D eigenvalue weighted by atomic mass is 10.3. The van der Waals surface area contributed by atoms with Crippen molar-refractivity contribution >= 4 is 50.0 Å². The van der Waals surface area contributed by atoms with Crippen molar-refractivity contribution in [2.45, 2.75) is 19.4 Å². The highest BCUT2D eigenvalue weighted by Gasteiger charge is 2.12. The molecule has 3 nitrogen and oxygen atoms in total. The Kier molecular flexibility index (Phi) is 4.38. The Labute approximate surface area is 134 Å². The first-order valence-electron chi connectivity index (χ1n) is 6.37. The first-order chi connectivity index (χ1) is 9.78. The van der Waals surface area contributed by atoms with Crippen LogP contribution in [-0.4, -0.2) is 20.4 Å². The minimum absolute atomic E-state index is 0.573. The van der Waals surface area contributed by atoms with Crippen molar-refractivity contribution in [3.8, 4) is 0 Å². The summed E-state index contributed by atoms with van der Waals surface area (Å²) in [6.45, 7) is 0.887. The van der Waals surface area contributed by atoms with Gasteiger partial charge in [-0.1, -0.05) is 6.07 Å². The molecule has 3 heterocycles. The van der Waals surface area contributed by atoms with Crippen LogP contribution in [0.3, 0.4) is 0 Å². The molecule has 6 heteroatoms. The van der Waals surface area contributed by atoms with E-state index in [0.29, 0.717) is 5.88 Å². The number of thiophene rings is 1. The van der Waals surface area contributed by atoms with Gasteiger partial charge in [0.25, 0.3) is 0 Å². The van der Waals surface area contributed by atoms with Crippen molar-refractivity contribution in [3.05, 3.63) is 45.0 Å². The fourth-order valence-electron chi connectivity index (χ4n) is 2.22. The molecular formula is C14H13BrClN3S. The van der Waals surface area contributed by atoms with Gasteiger partial charge in [-0.25, -0.2) is 9.97 Å². The average Bonchev–Trinajstić information content (AvgIpc) is 3.04. The summed E-state index contributed by atoms with van der Waals surface area (Å²) in [6.07, 6.45) is 3.58. The Morgan fingerprint density at radius 1 is 1.35 bits per heavy atom. The van der Waals surface area contributed by atoms with Gasteiger partial charge in [0.1, 0.15) is 11.3 Å². The number of aryl methyl sites for hydroxylation is 3. The highest BCUT2D eigenvalue weighted by Crippen LogP contribution is 2.20. The van der Waals surface area contributed by atoms with E-state index in [-0.39, 0.29) is 0 Å². The predicted molar refractivity (Wildman–Crippen MR) is 87.7 cm³/mol. The van der Waals surface area contributed by atoms with Crippen LogP contribution >= 0.6 is 38.9 Å². The highest BCUT2D eigenvalue weighted by atomic mass is 79.9. The molecule has 0 spiro atoms. The van der Waals surface area contributed by atoms with Gasteiger partial charge in [0, 0.05) is 34.4 Å². The number of rotatable bonds is 5. The Morgan fingerprint density at radius 3 is 3.00 bits per heavy atom. The smallest absolute Gasteiger partial charge is 0.160 e. The standard InChI is InChI=1S/C14H13BrClN3S/c15-10-8-12-14(17-9-10)19(13(18-12)3-5-16)6-4-11-2-1-7-20-11/h1-2,7-9H,3-6H2. The molecule has 0 unspecified atom stereocenters. The lowest BCUT2D eigenvalue weighted by Crippen LogP contribution is -2.07. The first kappa shape index (κ1) is 14.0. The number of nitrogens with zero attached hydrogens (tertiary/aromatic N) is 3. The average molecular weight is 371 g/mol. The van der Waals surface area contributed by atoms with E-state index in [0.717, 1.165) is 40.8 Å². The summed E-state index contributed by atoms with van der Waals surface area (Å²) in [5.74, 6) is 1.58. The summed E-state index contributed by atoms with van der Waals surface area (Å²) in [5, 5.41) is 2.11. The molecule has 0 saturated heterocycles. The molecule has 0 bridgehead atoms. The van der Waals surface area contributed by atoms with E-state index in [9.17, 15) is 0 Å². The van der Waals surface area contributed by atoms with Crippen LogP contribution in [0, 0.1) is 0 Å². The van der Waals surface area contributed by atoms with Crippen LogP contribution < -0.4 is 0 Å². The molecule has 0 aliphatic carbocycles.